The molecule has 0 aliphatic carbocycles. The van der Waals surface area contributed by atoms with Crippen LogP contribution in [0.5, 0.6) is 5.75 Å². The van der Waals surface area contributed by atoms with E-state index in [9.17, 15) is 22.8 Å². The highest BCUT2D eigenvalue weighted by Gasteiger charge is 2.33. The van der Waals surface area contributed by atoms with Crippen molar-refractivity contribution in [1.29, 1.82) is 0 Å². The van der Waals surface area contributed by atoms with Crippen molar-refractivity contribution in [3.05, 3.63) is 116 Å². The summed E-state index contributed by atoms with van der Waals surface area (Å²) in [4.78, 5) is 29.5. The van der Waals surface area contributed by atoms with E-state index in [1.165, 1.54) is 6.07 Å². The number of hydrogen-bond acceptors (Lipinski definition) is 6. The van der Waals surface area contributed by atoms with Gasteiger partial charge in [0.25, 0.3) is 11.8 Å². The fourth-order valence-electron chi connectivity index (χ4n) is 4.85. The molecule has 0 aliphatic rings. The Hall–Kier alpha value is -4.29. The van der Waals surface area contributed by atoms with E-state index in [0.29, 0.717) is 52.0 Å². The Labute approximate surface area is 307 Å². The van der Waals surface area contributed by atoms with Gasteiger partial charge in [-0.15, -0.1) is 0 Å². The van der Waals surface area contributed by atoms with Crippen molar-refractivity contribution in [2.45, 2.75) is 26.9 Å². The first kappa shape index (κ1) is 41.1. The maximum absolute atomic E-state index is 13.0. The van der Waals surface area contributed by atoms with Crippen molar-refractivity contribution in [1.82, 2.24) is 9.80 Å². The van der Waals surface area contributed by atoms with E-state index in [2.05, 4.69) is 16.0 Å². The Bertz CT molecular complexity index is 1820. The fraction of sp³-hybridized carbons (Fsp3) is 0.316. The molecule has 0 unspecified atom stereocenters. The third-order valence-electron chi connectivity index (χ3n) is 7.58. The van der Waals surface area contributed by atoms with Crippen LogP contribution in [0.1, 0.15) is 43.0 Å². The predicted octanol–water partition coefficient (Wildman–Crippen LogP) is 9.04. The number of aryl methyl sites for hydroxylation is 3. The lowest BCUT2D eigenvalue weighted by Gasteiger charge is -2.17. The molecule has 0 aromatic heterocycles. The van der Waals surface area contributed by atoms with Gasteiger partial charge in [-0.25, -0.2) is 0 Å². The van der Waals surface area contributed by atoms with Gasteiger partial charge in [-0.05, 0) is 114 Å². The highest BCUT2D eigenvalue weighted by Crippen LogP contribution is 2.36. The average molecular weight is 747 g/mol. The lowest BCUT2D eigenvalue weighted by atomic mass is 10.1. The van der Waals surface area contributed by atoms with E-state index in [4.69, 9.17) is 27.9 Å². The summed E-state index contributed by atoms with van der Waals surface area (Å²) in [5.74, 6) is -0.0781. The number of anilines is 3. The molecule has 0 atom stereocenters. The third-order valence-corrected chi connectivity index (χ3v) is 8.33. The summed E-state index contributed by atoms with van der Waals surface area (Å²) in [6.45, 7) is 8.27. The van der Waals surface area contributed by atoms with Crippen molar-refractivity contribution in [3.63, 3.8) is 0 Å². The van der Waals surface area contributed by atoms with Gasteiger partial charge in [0.05, 0.1) is 21.7 Å². The number of rotatable bonds is 12. The first-order chi connectivity index (χ1) is 24.0. The summed E-state index contributed by atoms with van der Waals surface area (Å²) in [6, 6.07) is 19.7. The van der Waals surface area contributed by atoms with Crippen LogP contribution in [0.25, 0.3) is 0 Å². The van der Waals surface area contributed by atoms with Crippen LogP contribution in [0.2, 0.25) is 10.0 Å². The van der Waals surface area contributed by atoms with Gasteiger partial charge >= 0.3 is 6.18 Å². The number of carbonyl (C=O) groups excluding carboxylic acids is 2. The van der Waals surface area contributed by atoms with Crippen LogP contribution < -0.4 is 20.7 Å². The molecule has 3 N–H and O–H groups in total. The first-order valence-electron chi connectivity index (χ1n) is 16.1. The van der Waals surface area contributed by atoms with Crippen LogP contribution in [0.3, 0.4) is 0 Å². The van der Waals surface area contributed by atoms with Crippen molar-refractivity contribution in [2.75, 3.05) is 70.4 Å². The zero-order chi connectivity index (χ0) is 37.9. The molecular weight excluding hydrogens is 702 g/mol. The Kier molecular flexibility index (Phi) is 15.2. The summed E-state index contributed by atoms with van der Waals surface area (Å²) in [7, 11) is 7.83. The fourth-order valence-corrected chi connectivity index (χ4v) is 5.19. The van der Waals surface area contributed by atoms with Crippen molar-refractivity contribution in [2.24, 2.45) is 0 Å². The minimum absolute atomic E-state index is 0.0271. The zero-order valence-corrected chi connectivity index (χ0v) is 31.3. The van der Waals surface area contributed by atoms with Crippen LogP contribution in [0.4, 0.5) is 30.2 Å². The Balaban J connectivity index is 0.000000277. The molecular formula is C38H44Cl2F3N5O3. The molecule has 4 aromatic carbocycles. The van der Waals surface area contributed by atoms with Crippen LogP contribution in [0, 0.1) is 20.8 Å². The van der Waals surface area contributed by atoms with Crippen molar-refractivity contribution < 1.29 is 27.5 Å². The van der Waals surface area contributed by atoms with E-state index < -0.39 is 22.7 Å². The molecule has 13 heteroatoms. The molecule has 0 heterocycles. The molecule has 0 bridgehead atoms. The number of benzene rings is 4. The molecule has 4 aromatic rings. The summed E-state index contributed by atoms with van der Waals surface area (Å²) in [5, 5.41) is 8.91. The van der Waals surface area contributed by atoms with Gasteiger partial charge < -0.3 is 30.5 Å². The topological polar surface area (TPSA) is 85.9 Å². The van der Waals surface area contributed by atoms with Gasteiger partial charge in [-0.1, -0.05) is 47.5 Å². The van der Waals surface area contributed by atoms with Crippen LogP contribution in [0.15, 0.2) is 72.8 Å². The minimum atomic E-state index is -4.60. The maximum Gasteiger partial charge on any atom is 0.417 e. The van der Waals surface area contributed by atoms with Gasteiger partial charge in [-0.2, -0.15) is 13.2 Å². The van der Waals surface area contributed by atoms with Gasteiger partial charge in [0.15, 0.2) is 0 Å². The van der Waals surface area contributed by atoms with Crippen LogP contribution >= 0.6 is 23.2 Å². The normalized spacial score (nSPS) is 11.2. The number of alkyl halides is 3. The first-order valence-corrected chi connectivity index (χ1v) is 16.8. The van der Waals surface area contributed by atoms with Gasteiger partial charge in [-0.3, -0.25) is 9.59 Å². The second-order valence-electron chi connectivity index (χ2n) is 12.4. The zero-order valence-electron chi connectivity index (χ0n) is 29.8. The number of ether oxygens (including phenoxy) is 1. The number of hydrogen-bond donors (Lipinski definition) is 3. The highest BCUT2D eigenvalue weighted by atomic mass is 35.5. The predicted molar refractivity (Wildman–Crippen MR) is 202 cm³/mol. The summed E-state index contributed by atoms with van der Waals surface area (Å²) in [5.41, 5.74) is 3.83. The highest BCUT2D eigenvalue weighted by molar-refractivity contribution is 6.31. The van der Waals surface area contributed by atoms with Gasteiger partial charge in [0.2, 0.25) is 0 Å². The van der Waals surface area contributed by atoms with Crippen LogP contribution in [-0.2, 0) is 6.18 Å². The summed E-state index contributed by atoms with van der Waals surface area (Å²) < 4.78 is 44.8. The molecule has 0 aliphatic heterocycles. The largest absolute Gasteiger partial charge is 0.491 e. The summed E-state index contributed by atoms with van der Waals surface area (Å²) in [6.07, 6.45) is -4.60. The van der Waals surface area contributed by atoms with Crippen LogP contribution in [-0.4, -0.2) is 76.0 Å². The number of nitrogens with one attached hydrogen (secondary N) is 3. The second kappa shape index (κ2) is 18.8. The Morgan fingerprint density at radius 3 is 1.84 bits per heavy atom. The molecule has 0 saturated heterocycles. The number of halogens is 5. The third kappa shape index (κ3) is 12.5. The Morgan fingerprint density at radius 2 is 1.25 bits per heavy atom. The van der Waals surface area contributed by atoms with Crippen molar-refractivity contribution >= 4 is 52.1 Å². The molecule has 0 saturated carbocycles. The maximum atomic E-state index is 13.0. The molecule has 8 nitrogen and oxygen atoms in total. The average Bonchev–Trinajstić information content (AvgIpc) is 3.03. The van der Waals surface area contributed by atoms with Crippen molar-refractivity contribution in [3.8, 4) is 5.75 Å². The number of likely N-dealkylation sites (N-methyl/N-ethyl adjacent to an activating group) is 2. The number of amides is 2. The van der Waals surface area contributed by atoms with E-state index >= 15 is 0 Å². The molecule has 4 rings (SSSR count). The lowest BCUT2D eigenvalue weighted by molar-refractivity contribution is -0.137. The van der Waals surface area contributed by atoms with E-state index in [-0.39, 0.29) is 11.6 Å². The monoisotopic (exact) mass is 745 g/mol. The second-order valence-corrected chi connectivity index (χ2v) is 13.2. The van der Waals surface area contributed by atoms with E-state index in [0.717, 1.165) is 36.3 Å². The van der Waals surface area contributed by atoms with Gasteiger partial charge in [0.1, 0.15) is 12.4 Å². The molecule has 2 amide bonds. The molecule has 0 fully saturated rings. The molecule has 274 valence electrons. The SMILES string of the molecule is Cc1cc(NC(=O)c2c(C)cccc2OCCN(C)C)ccc1Cl.Cc1cccc(NCCN(C)C)c1C(=O)Nc1ccc(Cl)c(C(F)(F)F)c1. The number of nitrogens with zero attached hydrogens (tertiary/aromatic N) is 2. The smallest absolute Gasteiger partial charge is 0.417 e. The Morgan fingerprint density at radius 1 is 0.706 bits per heavy atom. The van der Waals surface area contributed by atoms with Gasteiger partial charge in [0, 0.05) is 41.7 Å². The quantitative estimate of drug-likeness (QED) is 0.134. The number of carbonyl (C=O) groups is 2. The minimum Gasteiger partial charge on any atom is -0.491 e. The summed E-state index contributed by atoms with van der Waals surface area (Å²) >= 11 is 11.7. The standard InChI is InChI=1S/C19H21ClF3N3O.C19H23ClN2O2/c1-12-5-4-6-16(24-9-10-26(2)3)17(12)18(27)25-13-7-8-15(20)14(11-13)19(21,22)23;1-13-6-5-7-17(24-11-10-22(3)4)18(13)19(23)21-15-8-9-16(20)14(2)12-15/h4-8,11,24H,9-10H2,1-3H3,(H,25,27);5-9,12H,10-11H2,1-4H3,(H,21,23). The molecule has 0 spiro atoms. The lowest BCUT2D eigenvalue weighted by Crippen LogP contribution is -2.23. The van der Waals surface area contributed by atoms with E-state index in [1.54, 1.807) is 31.2 Å². The van der Waals surface area contributed by atoms with E-state index in [1.807, 2.05) is 82.2 Å². The molecule has 51 heavy (non-hydrogen) atoms. The molecule has 0 radical (unpaired) electrons.